The van der Waals surface area contributed by atoms with E-state index in [1.54, 1.807) is 36.4 Å². The van der Waals surface area contributed by atoms with Crippen molar-refractivity contribution in [3.05, 3.63) is 129 Å². The summed E-state index contributed by atoms with van der Waals surface area (Å²) >= 11 is 0. The highest BCUT2D eigenvalue weighted by molar-refractivity contribution is 5.81. The molecule has 4 aromatic rings. The molecule has 0 saturated heterocycles. The quantitative estimate of drug-likeness (QED) is 0.157. The third kappa shape index (κ3) is 9.45. The highest BCUT2D eigenvalue weighted by Crippen LogP contribution is 2.45. The van der Waals surface area contributed by atoms with Crippen molar-refractivity contribution >= 4 is 12.1 Å². The van der Waals surface area contributed by atoms with Gasteiger partial charge >= 0.3 is 36.8 Å². The number of ether oxygens (including phenoxy) is 1. The number of carboxylic acids is 1. The van der Waals surface area contributed by atoms with Crippen LogP contribution in [0.2, 0.25) is 0 Å². The predicted octanol–water partition coefficient (Wildman–Crippen LogP) is 9.76. The van der Waals surface area contributed by atoms with Gasteiger partial charge in [0, 0.05) is 25.6 Å². The Morgan fingerprint density at radius 1 is 0.630 bits per heavy atom. The standard InChI is InChI=1S/C36H26F12N2O4/c37-33(38,39)21-9-19(10-22(13-21)34(40,41)42)15-50(16-20-11-23(35(43,44)45)14-24(12-20)36(46,47)48)17-30(31(51)52)49-32(53)54-18-29-27-7-3-1-5-25(27)26-6-2-4-8-28(26)29/h1-14,29-30H,15-18H2,(H,49,53)(H,51,52). The molecule has 0 bridgehead atoms. The van der Waals surface area contributed by atoms with Crippen molar-refractivity contribution < 1.29 is 72.1 Å². The van der Waals surface area contributed by atoms with Crippen molar-refractivity contribution in [1.29, 1.82) is 0 Å². The Morgan fingerprint density at radius 3 is 1.35 bits per heavy atom. The van der Waals surface area contributed by atoms with Crippen LogP contribution in [-0.2, 0) is 47.3 Å². The van der Waals surface area contributed by atoms with Gasteiger partial charge in [-0.3, -0.25) is 4.90 Å². The van der Waals surface area contributed by atoms with Crippen LogP contribution in [0.4, 0.5) is 57.5 Å². The Labute approximate surface area is 298 Å². The van der Waals surface area contributed by atoms with Crippen LogP contribution in [0.3, 0.4) is 0 Å². The number of carbonyl (C=O) groups is 2. The smallest absolute Gasteiger partial charge is 0.416 e. The van der Waals surface area contributed by atoms with E-state index >= 15 is 0 Å². The highest BCUT2D eigenvalue weighted by atomic mass is 19.4. The van der Waals surface area contributed by atoms with Gasteiger partial charge in [0.25, 0.3) is 0 Å². The van der Waals surface area contributed by atoms with E-state index in [-0.39, 0.29) is 43.0 Å². The molecule has 18 heteroatoms. The number of alkyl halides is 12. The minimum absolute atomic E-state index is 0.199. The number of halogens is 12. The summed E-state index contributed by atoms with van der Waals surface area (Å²) in [7, 11) is 0. The Hall–Kier alpha value is -5.26. The van der Waals surface area contributed by atoms with E-state index in [1.165, 1.54) is 0 Å². The zero-order chi connectivity index (χ0) is 39.8. The van der Waals surface area contributed by atoms with Gasteiger partial charge < -0.3 is 15.2 Å². The molecule has 0 saturated carbocycles. The molecule has 2 N–H and O–H groups in total. The molecule has 0 radical (unpaired) electrons. The van der Waals surface area contributed by atoms with E-state index in [2.05, 4.69) is 0 Å². The lowest BCUT2D eigenvalue weighted by atomic mass is 9.98. The van der Waals surface area contributed by atoms with E-state index in [1.807, 2.05) is 17.4 Å². The number of nitrogens with one attached hydrogen (secondary N) is 1. The Morgan fingerprint density at radius 2 is 1.00 bits per heavy atom. The lowest BCUT2D eigenvalue weighted by Gasteiger charge is -2.27. The highest BCUT2D eigenvalue weighted by Gasteiger charge is 2.39. The number of fused-ring (bicyclic) bond motifs is 3. The number of carbonyl (C=O) groups excluding carboxylic acids is 1. The molecular formula is C36H26F12N2O4. The van der Waals surface area contributed by atoms with Crippen molar-refractivity contribution in [3.63, 3.8) is 0 Å². The second-order valence-electron chi connectivity index (χ2n) is 12.4. The molecule has 0 fully saturated rings. The first kappa shape index (κ1) is 39.9. The number of benzene rings is 4. The maximum atomic E-state index is 13.6. The van der Waals surface area contributed by atoms with Crippen LogP contribution >= 0.6 is 0 Å². The minimum atomic E-state index is -5.32. The summed E-state index contributed by atoms with van der Waals surface area (Å²) in [6, 6.07) is 12.9. The number of carboxylic acid groups (broad SMARTS) is 1. The fraction of sp³-hybridized carbons (Fsp3) is 0.278. The Kier molecular flexibility index (Phi) is 11.0. The third-order valence-corrected chi connectivity index (χ3v) is 8.48. The molecule has 0 aliphatic heterocycles. The molecule has 1 amide bonds. The first-order valence-electron chi connectivity index (χ1n) is 15.6. The van der Waals surface area contributed by atoms with Crippen LogP contribution in [-0.4, -0.2) is 41.3 Å². The number of aliphatic carboxylic acids is 1. The van der Waals surface area contributed by atoms with Crippen LogP contribution in [0.25, 0.3) is 11.1 Å². The minimum Gasteiger partial charge on any atom is -0.480 e. The second kappa shape index (κ2) is 14.9. The second-order valence-corrected chi connectivity index (χ2v) is 12.4. The topological polar surface area (TPSA) is 78.9 Å². The molecule has 4 aromatic carbocycles. The molecule has 1 unspecified atom stereocenters. The monoisotopic (exact) mass is 778 g/mol. The van der Waals surface area contributed by atoms with Gasteiger partial charge in [-0.2, -0.15) is 52.7 Å². The van der Waals surface area contributed by atoms with Gasteiger partial charge in [-0.05, 0) is 69.8 Å². The molecule has 1 aliphatic rings. The fourth-order valence-corrected chi connectivity index (χ4v) is 6.15. The summed E-state index contributed by atoms with van der Waals surface area (Å²) in [6.07, 6.45) is -22.6. The SMILES string of the molecule is O=C(NC(CN(Cc1cc(C(F)(F)F)cc(C(F)(F)F)c1)Cc1cc(C(F)(F)F)cc(C(F)(F)F)c1)C(=O)O)OCC1c2ccccc2-c2ccccc21. The third-order valence-electron chi connectivity index (χ3n) is 8.48. The molecule has 1 atom stereocenters. The Balaban J connectivity index is 1.45. The van der Waals surface area contributed by atoms with E-state index in [0.29, 0.717) is 4.90 Å². The van der Waals surface area contributed by atoms with Gasteiger partial charge in [-0.15, -0.1) is 0 Å². The van der Waals surface area contributed by atoms with Gasteiger partial charge in [0.05, 0.1) is 22.3 Å². The summed E-state index contributed by atoms with van der Waals surface area (Å²) in [5, 5.41) is 12.0. The van der Waals surface area contributed by atoms with Crippen molar-refractivity contribution in [2.24, 2.45) is 0 Å². The average molecular weight is 779 g/mol. The van der Waals surface area contributed by atoms with Gasteiger partial charge in [0.2, 0.25) is 0 Å². The molecule has 6 nitrogen and oxygen atoms in total. The van der Waals surface area contributed by atoms with Crippen LogP contribution in [0.1, 0.15) is 50.4 Å². The number of nitrogens with zero attached hydrogens (tertiary/aromatic N) is 1. The molecule has 1 aliphatic carbocycles. The summed E-state index contributed by atoms with van der Waals surface area (Å²) in [6.45, 7) is -3.46. The molecule has 5 rings (SSSR count). The summed E-state index contributed by atoms with van der Waals surface area (Å²) in [5.41, 5.74) is -5.39. The number of amides is 1. The van der Waals surface area contributed by atoms with Gasteiger partial charge in [0.15, 0.2) is 0 Å². The van der Waals surface area contributed by atoms with Crippen molar-refractivity contribution in [1.82, 2.24) is 10.2 Å². The average Bonchev–Trinajstić information content (AvgIpc) is 3.38. The van der Waals surface area contributed by atoms with Crippen LogP contribution in [0.15, 0.2) is 84.9 Å². The molecule has 54 heavy (non-hydrogen) atoms. The number of hydrogen-bond acceptors (Lipinski definition) is 4. The van der Waals surface area contributed by atoms with E-state index < -0.39 is 102 Å². The van der Waals surface area contributed by atoms with E-state index in [0.717, 1.165) is 22.3 Å². The van der Waals surface area contributed by atoms with Crippen molar-refractivity contribution in [2.45, 2.75) is 49.8 Å². The number of alkyl carbamates (subject to hydrolysis) is 1. The number of hydrogen-bond donors (Lipinski definition) is 2. The van der Waals surface area contributed by atoms with Gasteiger partial charge in [0.1, 0.15) is 12.6 Å². The van der Waals surface area contributed by atoms with Crippen LogP contribution in [0, 0.1) is 0 Å². The molecule has 288 valence electrons. The normalized spacial score (nSPS) is 14.1. The van der Waals surface area contributed by atoms with Gasteiger partial charge in [-0.25, -0.2) is 9.59 Å². The largest absolute Gasteiger partial charge is 0.480 e. The molecule has 0 spiro atoms. The summed E-state index contributed by atoms with van der Waals surface area (Å²) < 4.78 is 169. The fourth-order valence-electron chi connectivity index (χ4n) is 6.15. The summed E-state index contributed by atoms with van der Waals surface area (Å²) in [4.78, 5) is 25.9. The predicted molar refractivity (Wildman–Crippen MR) is 167 cm³/mol. The molecule has 0 aromatic heterocycles. The maximum Gasteiger partial charge on any atom is 0.416 e. The lowest BCUT2D eigenvalue weighted by molar-refractivity contribution is -0.144. The van der Waals surface area contributed by atoms with Crippen molar-refractivity contribution in [2.75, 3.05) is 13.2 Å². The zero-order valence-corrected chi connectivity index (χ0v) is 27.2. The first-order chi connectivity index (χ1) is 25.0. The first-order valence-corrected chi connectivity index (χ1v) is 15.6. The van der Waals surface area contributed by atoms with Gasteiger partial charge in [-0.1, -0.05) is 48.5 Å². The van der Waals surface area contributed by atoms with Crippen LogP contribution in [0.5, 0.6) is 0 Å². The molecular weight excluding hydrogens is 752 g/mol. The zero-order valence-electron chi connectivity index (χ0n) is 27.2. The summed E-state index contributed by atoms with van der Waals surface area (Å²) in [5.74, 6) is -2.32. The lowest BCUT2D eigenvalue weighted by Crippen LogP contribution is -2.48. The van der Waals surface area contributed by atoms with E-state index in [9.17, 15) is 67.4 Å². The van der Waals surface area contributed by atoms with Crippen molar-refractivity contribution in [3.8, 4) is 11.1 Å². The van der Waals surface area contributed by atoms with Crippen LogP contribution < -0.4 is 5.32 Å². The van der Waals surface area contributed by atoms with E-state index in [4.69, 9.17) is 4.74 Å². The Bertz CT molecular complexity index is 1840. The maximum absolute atomic E-state index is 13.6. The molecule has 0 heterocycles. The number of rotatable bonds is 10.